The number of nitrogens with one attached hydrogen (secondary N) is 4. The van der Waals surface area contributed by atoms with Crippen LogP contribution in [0.1, 0.15) is 47.8 Å². The minimum Gasteiger partial charge on any atom is -0.477 e. The molecule has 0 saturated heterocycles. The van der Waals surface area contributed by atoms with Crippen molar-refractivity contribution < 1.29 is 33.3 Å². The highest BCUT2D eigenvalue weighted by Gasteiger charge is 2.29. The minimum absolute atomic E-state index is 0.0334. The maximum absolute atomic E-state index is 15.1. The maximum atomic E-state index is 15.1. The maximum Gasteiger partial charge on any atom is 0.352 e. The zero-order chi connectivity index (χ0) is 34.2. The lowest BCUT2D eigenvalue weighted by atomic mass is 9.88. The number of carboxylic acid groups (broad SMARTS) is 1. The summed E-state index contributed by atoms with van der Waals surface area (Å²) in [4.78, 5) is 34.6. The van der Waals surface area contributed by atoms with Crippen LogP contribution in [0.3, 0.4) is 0 Å². The Hall–Kier alpha value is -4.60. The van der Waals surface area contributed by atoms with Crippen molar-refractivity contribution in [2.75, 3.05) is 46.2 Å². The molecule has 5 aromatic rings. The van der Waals surface area contributed by atoms with E-state index < -0.39 is 11.8 Å². The molecule has 5 N–H and O–H groups in total. The van der Waals surface area contributed by atoms with Crippen LogP contribution in [0, 0.1) is 18.2 Å². The summed E-state index contributed by atoms with van der Waals surface area (Å²) < 4.78 is 31.1. The van der Waals surface area contributed by atoms with Gasteiger partial charge in [-0.15, -0.1) is 6.42 Å². The highest BCUT2D eigenvalue weighted by Crippen LogP contribution is 2.46. The number of aromatic carboxylic acids is 1. The van der Waals surface area contributed by atoms with Gasteiger partial charge in [-0.2, -0.15) is 0 Å². The number of hydrogen-bond acceptors (Lipinski definition) is 5. The van der Waals surface area contributed by atoms with Crippen LogP contribution in [-0.4, -0.2) is 78.1 Å². The Morgan fingerprint density at radius 1 is 1.02 bits per heavy atom. The molecule has 0 saturated carbocycles. The van der Waals surface area contributed by atoms with E-state index in [1.807, 2.05) is 26.0 Å². The van der Waals surface area contributed by atoms with Gasteiger partial charge in [0.1, 0.15) is 18.1 Å². The highest BCUT2D eigenvalue weighted by molar-refractivity contribution is 6.35. The van der Waals surface area contributed by atoms with Crippen molar-refractivity contribution in [1.82, 2.24) is 20.3 Å². The number of terminal acetylenes is 1. The molecule has 0 unspecified atom stereocenters. The van der Waals surface area contributed by atoms with Gasteiger partial charge in [-0.1, -0.05) is 31.4 Å². The Bertz CT molecular complexity index is 1950. The molecule has 3 heterocycles. The van der Waals surface area contributed by atoms with Crippen LogP contribution in [0.5, 0.6) is 0 Å². The molecule has 0 fully saturated rings. The third kappa shape index (κ3) is 7.75. The van der Waals surface area contributed by atoms with E-state index in [-0.39, 0.29) is 37.2 Å². The largest absolute Gasteiger partial charge is 0.477 e. The van der Waals surface area contributed by atoms with E-state index in [4.69, 9.17) is 32.2 Å². The number of aromatic nitrogens is 3. The van der Waals surface area contributed by atoms with Crippen molar-refractivity contribution in [3.8, 4) is 34.7 Å². The summed E-state index contributed by atoms with van der Waals surface area (Å²) in [5, 5.41) is 15.2. The van der Waals surface area contributed by atoms with E-state index in [0.29, 0.717) is 77.9 Å². The van der Waals surface area contributed by atoms with Gasteiger partial charge < -0.3 is 39.6 Å². The summed E-state index contributed by atoms with van der Waals surface area (Å²) in [6, 6.07) is 8.25. The third-order valence-corrected chi connectivity index (χ3v) is 8.29. The van der Waals surface area contributed by atoms with Gasteiger partial charge in [0, 0.05) is 68.9 Å². The summed E-state index contributed by atoms with van der Waals surface area (Å²) in [7, 11) is 0. The second kappa shape index (κ2) is 16.0. The summed E-state index contributed by atoms with van der Waals surface area (Å²) in [6.07, 6.45) is 9.31. The fraction of sp³-hybridized carbons (Fsp3) is 0.333. The van der Waals surface area contributed by atoms with E-state index in [0.717, 1.165) is 21.9 Å². The first-order valence-corrected chi connectivity index (χ1v) is 16.1. The first-order valence-electron chi connectivity index (χ1n) is 15.7. The normalized spacial score (nSPS) is 11.5. The smallest absolute Gasteiger partial charge is 0.352 e. The third-order valence-electron chi connectivity index (χ3n) is 7.98. The molecule has 0 aliphatic heterocycles. The first-order chi connectivity index (χ1) is 23.2. The molecule has 10 nitrogen and oxygen atoms in total. The van der Waals surface area contributed by atoms with Gasteiger partial charge in [-0.25, -0.2) is 9.18 Å². The molecule has 12 heteroatoms. The van der Waals surface area contributed by atoms with Gasteiger partial charge in [0.15, 0.2) is 0 Å². The summed E-state index contributed by atoms with van der Waals surface area (Å²) in [6.45, 7) is 6.32. The fourth-order valence-corrected chi connectivity index (χ4v) is 6.20. The second-order valence-electron chi connectivity index (χ2n) is 11.5. The van der Waals surface area contributed by atoms with Crippen LogP contribution in [0.2, 0.25) is 5.02 Å². The molecule has 252 valence electrons. The quantitative estimate of drug-likeness (QED) is 0.0551. The molecule has 1 amide bonds. The van der Waals surface area contributed by atoms with Crippen LogP contribution < -0.4 is 5.32 Å². The number of carboxylic acids is 1. The number of aromatic amines is 3. The van der Waals surface area contributed by atoms with E-state index in [2.05, 4.69) is 26.2 Å². The number of carbonyl (C=O) groups excluding carboxylic acids is 1. The van der Waals surface area contributed by atoms with Crippen molar-refractivity contribution in [3.63, 3.8) is 0 Å². The van der Waals surface area contributed by atoms with Crippen LogP contribution in [0.15, 0.2) is 42.7 Å². The van der Waals surface area contributed by atoms with Crippen molar-refractivity contribution in [3.05, 3.63) is 70.4 Å². The lowest BCUT2D eigenvalue weighted by Gasteiger charge is -2.15. The molecule has 0 atom stereocenters. The SMILES string of the molecule is C#CCOCCOCCOCCC(=O)NCCc1c[nH]c2cc(F)cc(-c3[nH]c(C(=O)O)c(-c4c(Cl)ccc5[nH]ccc45)c3C(C)C)c12. The summed E-state index contributed by atoms with van der Waals surface area (Å²) in [5.41, 5.74) is 4.94. The number of benzene rings is 2. The predicted octanol–water partition coefficient (Wildman–Crippen LogP) is 6.66. The molecule has 0 aliphatic rings. The highest BCUT2D eigenvalue weighted by atomic mass is 35.5. The minimum atomic E-state index is -1.16. The van der Waals surface area contributed by atoms with Gasteiger partial charge in [0.2, 0.25) is 5.91 Å². The molecule has 2 aromatic carbocycles. The Morgan fingerprint density at radius 2 is 1.77 bits per heavy atom. The van der Waals surface area contributed by atoms with Crippen LogP contribution in [0.4, 0.5) is 4.39 Å². The van der Waals surface area contributed by atoms with E-state index in [1.54, 1.807) is 18.5 Å². The number of fused-ring (bicyclic) bond motifs is 2. The van der Waals surface area contributed by atoms with Gasteiger partial charge in [0.25, 0.3) is 0 Å². The lowest BCUT2D eigenvalue weighted by molar-refractivity contribution is -0.122. The first kappa shape index (κ1) is 34.7. The standard InChI is InChI=1S/C36H38ClFN4O6/c1-4-12-46-14-16-48-17-15-47-13-9-29(43)40-10-7-22-20-41-28-19-23(38)18-25(31(22)28)34-30(21(2)3)33(35(42-34)36(44)45)32-24-8-11-39-27(24)6-5-26(32)37/h1,5-6,8,11,18-21,39,41-42H,7,9-10,12-17H2,2-3H3,(H,40,43)(H,44,45). The molecule has 0 bridgehead atoms. The van der Waals surface area contributed by atoms with Crippen LogP contribution >= 0.6 is 11.6 Å². The molecular formula is C36H38ClFN4O6. The fourth-order valence-electron chi connectivity index (χ4n) is 5.94. The molecule has 0 aliphatic carbocycles. The van der Waals surface area contributed by atoms with Crippen LogP contribution in [0.25, 0.3) is 44.2 Å². The molecule has 0 radical (unpaired) electrons. The van der Waals surface area contributed by atoms with Gasteiger partial charge in [0.05, 0.1) is 38.7 Å². The summed E-state index contributed by atoms with van der Waals surface area (Å²) in [5.74, 6) is 0.421. The summed E-state index contributed by atoms with van der Waals surface area (Å²) >= 11 is 6.75. The van der Waals surface area contributed by atoms with E-state index in [9.17, 15) is 14.7 Å². The zero-order valence-corrected chi connectivity index (χ0v) is 27.6. The monoisotopic (exact) mass is 676 g/mol. The van der Waals surface area contributed by atoms with Gasteiger partial charge in [-0.3, -0.25) is 4.79 Å². The predicted molar refractivity (Wildman–Crippen MR) is 184 cm³/mol. The van der Waals surface area contributed by atoms with Crippen molar-refractivity contribution in [1.29, 1.82) is 0 Å². The van der Waals surface area contributed by atoms with Crippen LogP contribution in [-0.2, 0) is 25.4 Å². The number of rotatable bonds is 17. The van der Waals surface area contributed by atoms with Gasteiger partial charge >= 0.3 is 5.97 Å². The molecule has 3 aromatic heterocycles. The second-order valence-corrected chi connectivity index (χ2v) is 11.9. The Morgan fingerprint density at radius 3 is 2.50 bits per heavy atom. The Kier molecular flexibility index (Phi) is 11.6. The van der Waals surface area contributed by atoms with Crippen molar-refractivity contribution in [2.45, 2.75) is 32.6 Å². The number of ether oxygens (including phenoxy) is 3. The zero-order valence-electron chi connectivity index (χ0n) is 26.8. The Labute approximate surface area is 282 Å². The van der Waals surface area contributed by atoms with E-state index in [1.165, 1.54) is 12.1 Å². The average Bonchev–Trinajstić information content (AvgIpc) is 3.79. The lowest BCUT2D eigenvalue weighted by Crippen LogP contribution is -2.26. The number of H-pyrrole nitrogens is 3. The average molecular weight is 677 g/mol. The number of amides is 1. The van der Waals surface area contributed by atoms with Crippen molar-refractivity contribution >= 4 is 45.3 Å². The molecule has 5 rings (SSSR count). The number of carbonyl (C=O) groups is 2. The number of halogens is 2. The molecule has 48 heavy (non-hydrogen) atoms. The van der Waals surface area contributed by atoms with E-state index >= 15 is 4.39 Å². The Balaban J connectivity index is 1.35. The topological polar surface area (TPSA) is 141 Å². The van der Waals surface area contributed by atoms with Crippen molar-refractivity contribution in [2.24, 2.45) is 0 Å². The number of hydrogen-bond donors (Lipinski definition) is 5. The van der Waals surface area contributed by atoms with Gasteiger partial charge in [-0.05, 0) is 53.8 Å². The molecular weight excluding hydrogens is 639 g/mol. The molecule has 0 spiro atoms.